The van der Waals surface area contributed by atoms with Gasteiger partial charge >= 0.3 is 0 Å². The summed E-state index contributed by atoms with van der Waals surface area (Å²) in [4.78, 5) is 13.7. The highest BCUT2D eigenvalue weighted by molar-refractivity contribution is 9.11. The second kappa shape index (κ2) is 8.28. The predicted molar refractivity (Wildman–Crippen MR) is 143 cm³/mol. The van der Waals surface area contributed by atoms with Crippen molar-refractivity contribution in [3.05, 3.63) is 74.2 Å². The Morgan fingerprint density at radius 3 is 2.58 bits per heavy atom. The molecule has 1 atom stereocenters. The molecule has 5 rings (SSSR count). The summed E-state index contributed by atoms with van der Waals surface area (Å²) in [6.07, 6.45) is 1.41. The van der Waals surface area contributed by atoms with Crippen LogP contribution in [0.5, 0.6) is 5.75 Å². The number of hydrogen-bond donors (Lipinski definition) is 1. The minimum absolute atomic E-state index is 0.00971. The highest BCUT2D eigenvalue weighted by atomic mass is 79.9. The molecule has 0 amide bonds. The SMILES string of the molecule is CC(C)Oc1c(Br)cc(Br)cc1[C@H]1Nc2ccc3ccccc3c2C2=C1C(=O)CC(C)(C)C2. The first-order valence-corrected chi connectivity index (χ1v) is 12.9. The van der Waals surface area contributed by atoms with E-state index in [-0.39, 0.29) is 23.3 Å². The van der Waals surface area contributed by atoms with Gasteiger partial charge < -0.3 is 10.1 Å². The highest BCUT2D eigenvalue weighted by Gasteiger charge is 2.41. The molecule has 33 heavy (non-hydrogen) atoms. The molecule has 0 spiro atoms. The van der Waals surface area contributed by atoms with Gasteiger partial charge in [0, 0.05) is 33.3 Å². The number of allylic oxidation sites excluding steroid dienone is 1. The Morgan fingerprint density at radius 2 is 1.82 bits per heavy atom. The van der Waals surface area contributed by atoms with Crippen LogP contribution >= 0.6 is 31.9 Å². The van der Waals surface area contributed by atoms with Gasteiger partial charge in [0.25, 0.3) is 0 Å². The van der Waals surface area contributed by atoms with Gasteiger partial charge in [0.15, 0.2) is 5.78 Å². The molecule has 170 valence electrons. The molecule has 0 unspecified atom stereocenters. The number of benzene rings is 3. The van der Waals surface area contributed by atoms with Crippen LogP contribution in [0.3, 0.4) is 0 Å². The van der Waals surface area contributed by atoms with E-state index >= 15 is 0 Å². The van der Waals surface area contributed by atoms with Gasteiger partial charge in [-0.2, -0.15) is 0 Å². The number of halogens is 2. The minimum Gasteiger partial charge on any atom is -0.489 e. The molecule has 5 heteroatoms. The summed E-state index contributed by atoms with van der Waals surface area (Å²) in [6, 6.07) is 16.5. The molecule has 1 N–H and O–H groups in total. The number of fused-ring (bicyclic) bond motifs is 4. The van der Waals surface area contributed by atoms with Crippen molar-refractivity contribution in [1.82, 2.24) is 0 Å². The van der Waals surface area contributed by atoms with E-state index in [0.717, 1.165) is 37.9 Å². The van der Waals surface area contributed by atoms with Crippen LogP contribution in [0.2, 0.25) is 0 Å². The highest BCUT2D eigenvalue weighted by Crippen LogP contribution is 2.53. The van der Waals surface area contributed by atoms with Gasteiger partial charge in [0.2, 0.25) is 0 Å². The van der Waals surface area contributed by atoms with Crippen molar-refractivity contribution in [3.63, 3.8) is 0 Å². The topological polar surface area (TPSA) is 38.3 Å². The zero-order valence-electron chi connectivity index (χ0n) is 19.3. The van der Waals surface area contributed by atoms with Crippen molar-refractivity contribution in [1.29, 1.82) is 0 Å². The fourth-order valence-corrected chi connectivity index (χ4v) is 6.58. The van der Waals surface area contributed by atoms with Crippen molar-refractivity contribution < 1.29 is 9.53 Å². The van der Waals surface area contributed by atoms with Crippen LogP contribution in [0.4, 0.5) is 5.69 Å². The number of Topliss-reactive ketones (excluding diaryl/α,β-unsaturated/α-hetero) is 1. The van der Waals surface area contributed by atoms with Gasteiger partial charge in [-0.15, -0.1) is 0 Å². The lowest BCUT2D eigenvalue weighted by atomic mass is 9.68. The third kappa shape index (κ3) is 4.04. The van der Waals surface area contributed by atoms with Crippen molar-refractivity contribution in [2.24, 2.45) is 5.41 Å². The molecular weight excluding hydrogens is 542 g/mol. The van der Waals surface area contributed by atoms with Crippen LogP contribution in [0, 0.1) is 5.41 Å². The molecule has 3 nitrogen and oxygen atoms in total. The lowest BCUT2D eigenvalue weighted by Gasteiger charge is -2.40. The number of nitrogens with one attached hydrogen (secondary N) is 1. The van der Waals surface area contributed by atoms with Gasteiger partial charge in [0.1, 0.15) is 5.75 Å². The second-order valence-electron chi connectivity index (χ2n) is 10.1. The van der Waals surface area contributed by atoms with Crippen LogP contribution in [0.15, 0.2) is 63.0 Å². The summed E-state index contributed by atoms with van der Waals surface area (Å²) in [5, 5.41) is 6.11. The van der Waals surface area contributed by atoms with Gasteiger partial charge in [-0.1, -0.05) is 60.1 Å². The normalized spacial score (nSPS) is 19.4. The summed E-state index contributed by atoms with van der Waals surface area (Å²) in [6.45, 7) is 8.43. The molecule has 1 aliphatic carbocycles. The maximum absolute atomic E-state index is 13.7. The van der Waals surface area contributed by atoms with Gasteiger partial charge in [-0.25, -0.2) is 0 Å². The molecule has 2 aliphatic rings. The first-order chi connectivity index (χ1) is 15.6. The third-order valence-corrected chi connectivity index (χ3v) is 7.49. The number of carbonyl (C=O) groups is 1. The van der Waals surface area contributed by atoms with Crippen molar-refractivity contribution in [2.45, 2.75) is 52.7 Å². The molecule has 1 aliphatic heterocycles. The van der Waals surface area contributed by atoms with Crippen molar-refractivity contribution >= 4 is 59.7 Å². The zero-order chi connectivity index (χ0) is 23.5. The molecule has 0 fully saturated rings. The summed E-state index contributed by atoms with van der Waals surface area (Å²) >= 11 is 7.35. The van der Waals surface area contributed by atoms with Gasteiger partial charge in [-0.3, -0.25) is 4.79 Å². The van der Waals surface area contributed by atoms with E-state index in [4.69, 9.17) is 4.74 Å². The Morgan fingerprint density at radius 1 is 1.06 bits per heavy atom. The van der Waals surface area contributed by atoms with Crippen LogP contribution in [0.25, 0.3) is 16.3 Å². The van der Waals surface area contributed by atoms with Crippen LogP contribution < -0.4 is 10.1 Å². The van der Waals surface area contributed by atoms with Crippen molar-refractivity contribution in [3.8, 4) is 5.75 Å². The summed E-state index contributed by atoms with van der Waals surface area (Å²) in [5.74, 6) is 0.989. The second-order valence-corrected chi connectivity index (χ2v) is 11.9. The quantitative estimate of drug-likeness (QED) is 0.344. The predicted octanol–water partition coefficient (Wildman–Crippen LogP) is 8.46. The van der Waals surface area contributed by atoms with E-state index in [1.54, 1.807) is 0 Å². The lowest BCUT2D eigenvalue weighted by molar-refractivity contribution is -0.118. The molecule has 0 saturated heterocycles. The molecule has 3 aromatic rings. The van der Waals surface area contributed by atoms with Gasteiger partial charge in [0.05, 0.1) is 16.6 Å². The van der Waals surface area contributed by atoms with Crippen LogP contribution in [0.1, 0.15) is 57.7 Å². The van der Waals surface area contributed by atoms with Crippen LogP contribution in [-0.4, -0.2) is 11.9 Å². The first kappa shape index (κ1) is 22.7. The first-order valence-electron chi connectivity index (χ1n) is 11.3. The number of ketones is 1. The smallest absolute Gasteiger partial charge is 0.162 e. The van der Waals surface area contributed by atoms with E-state index in [1.165, 1.54) is 21.9 Å². The molecule has 0 bridgehead atoms. The molecule has 1 heterocycles. The number of carbonyl (C=O) groups excluding carboxylic acids is 1. The monoisotopic (exact) mass is 567 g/mol. The summed E-state index contributed by atoms with van der Waals surface area (Å²) < 4.78 is 8.07. The number of rotatable bonds is 3. The Hall–Kier alpha value is -2.11. The lowest BCUT2D eigenvalue weighted by Crippen LogP contribution is -2.33. The van der Waals surface area contributed by atoms with E-state index < -0.39 is 0 Å². The Bertz CT molecular complexity index is 1320. The van der Waals surface area contributed by atoms with E-state index in [2.05, 4.69) is 93.5 Å². The molecular formula is C28H27Br2NO2. The third-order valence-electron chi connectivity index (χ3n) is 6.44. The fourth-order valence-electron chi connectivity index (χ4n) is 5.23. The average molecular weight is 569 g/mol. The molecule has 0 saturated carbocycles. The number of hydrogen-bond acceptors (Lipinski definition) is 3. The van der Waals surface area contributed by atoms with Crippen LogP contribution in [-0.2, 0) is 4.79 Å². The maximum atomic E-state index is 13.7. The largest absolute Gasteiger partial charge is 0.489 e. The standard InChI is InChI=1S/C28H27Br2NO2/c1-15(2)33-27-19(11-17(29)12-21(27)30)26-25-20(13-28(3,4)14-23(25)32)24-18-8-6-5-7-16(18)9-10-22(24)31-26/h5-12,15,26,31H,13-14H2,1-4H3/t26-/m1/s1. The molecule has 0 radical (unpaired) electrons. The zero-order valence-corrected chi connectivity index (χ0v) is 22.4. The summed E-state index contributed by atoms with van der Waals surface area (Å²) in [7, 11) is 0. The molecule has 0 aromatic heterocycles. The molecule has 3 aromatic carbocycles. The van der Waals surface area contributed by atoms with E-state index in [9.17, 15) is 4.79 Å². The number of ether oxygens (including phenoxy) is 1. The Labute approximate surface area is 211 Å². The minimum atomic E-state index is -0.278. The van der Waals surface area contributed by atoms with E-state index in [1.807, 2.05) is 19.9 Å². The average Bonchev–Trinajstić information content (AvgIpc) is 2.73. The van der Waals surface area contributed by atoms with Crippen molar-refractivity contribution in [2.75, 3.05) is 5.32 Å². The van der Waals surface area contributed by atoms with E-state index in [0.29, 0.717) is 6.42 Å². The Kier molecular flexibility index (Phi) is 5.69. The maximum Gasteiger partial charge on any atom is 0.162 e. The summed E-state index contributed by atoms with van der Waals surface area (Å²) in [5.41, 5.74) is 5.15. The Balaban J connectivity index is 1.80. The number of anilines is 1. The fraction of sp³-hybridized carbons (Fsp3) is 0.321. The van der Waals surface area contributed by atoms with Gasteiger partial charge in [-0.05, 0) is 76.2 Å².